The van der Waals surface area contributed by atoms with Crippen molar-refractivity contribution in [3.63, 3.8) is 0 Å². The van der Waals surface area contributed by atoms with Crippen LogP contribution in [0.25, 0.3) is 11.0 Å². The van der Waals surface area contributed by atoms with Crippen molar-refractivity contribution < 1.29 is 9.59 Å². The Balaban J connectivity index is 1.36. The third-order valence-electron chi connectivity index (χ3n) is 6.44. The van der Waals surface area contributed by atoms with E-state index in [2.05, 4.69) is 29.4 Å². The Morgan fingerprint density at radius 3 is 2.88 bits per heavy atom. The normalized spacial score (nSPS) is 18.6. The van der Waals surface area contributed by atoms with Gasteiger partial charge in [0, 0.05) is 37.7 Å². The van der Waals surface area contributed by atoms with Gasteiger partial charge < -0.3 is 15.1 Å². The Hall–Kier alpha value is -3.42. The highest BCUT2D eigenvalue weighted by molar-refractivity contribution is 5.95. The fourth-order valence-corrected chi connectivity index (χ4v) is 4.87. The van der Waals surface area contributed by atoms with Crippen molar-refractivity contribution in [3.8, 4) is 0 Å². The zero-order valence-electron chi connectivity index (χ0n) is 19.2. The van der Waals surface area contributed by atoms with E-state index in [-0.39, 0.29) is 23.9 Å². The number of anilines is 1. The number of nitrogens with zero attached hydrogens (tertiary/aromatic N) is 4. The zero-order valence-corrected chi connectivity index (χ0v) is 19.2. The summed E-state index contributed by atoms with van der Waals surface area (Å²) in [5.74, 6) is 1.01. The van der Waals surface area contributed by atoms with E-state index in [1.54, 1.807) is 0 Å². The number of H-pyrrole nitrogens is 1. The Labute approximate surface area is 193 Å². The second-order valence-electron chi connectivity index (χ2n) is 9.28. The lowest BCUT2D eigenvalue weighted by Gasteiger charge is -2.25. The average molecular weight is 447 g/mol. The molecule has 5 rings (SSSR count). The first-order valence-corrected chi connectivity index (χ1v) is 11.8. The van der Waals surface area contributed by atoms with Gasteiger partial charge in [-0.3, -0.25) is 14.7 Å². The molecule has 2 aromatic heterocycles. The monoisotopic (exact) mass is 446 g/mol. The van der Waals surface area contributed by atoms with Crippen molar-refractivity contribution in [2.75, 3.05) is 18.4 Å². The molecule has 4 heterocycles. The van der Waals surface area contributed by atoms with Crippen LogP contribution in [0.4, 0.5) is 5.82 Å². The lowest BCUT2D eigenvalue weighted by molar-refractivity contribution is -0.128. The van der Waals surface area contributed by atoms with Gasteiger partial charge in [0.25, 0.3) is 5.91 Å². The molecule has 3 aromatic rings. The molecule has 2 saturated heterocycles. The van der Waals surface area contributed by atoms with Gasteiger partial charge in [-0.2, -0.15) is 5.10 Å². The average Bonchev–Trinajstić information content (AvgIpc) is 3.54. The number of carbonyl (C=O) groups excluding carboxylic acids is 2. The van der Waals surface area contributed by atoms with Crippen molar-refractivity contribution in [3.05, 3.63) is 53.2 Å². The number of carbonyl (C=O) groups is 2. The van der Waals surface area contributed by atoms with E-state index in [0.717, 1.165) is 53.9 Å². The lowest BCUT2D eigenvalue weighted by atomic mass is 10.1. The molecule has 2 amide bonds. The number of pyridine rings is 1. The number of fused-ring (bicyclic) bond motifs is 1. The molecular weight excluding hydrogens is 416 g/mol. The molecule has 0 unspecified atom stereocenters. The Morgan fingerprint density at radius 2 is 2.09 bits per heavy atom. The fraction of sp³-hybridized carbons (Fsp3) is 0.440. The van der Waals surface area contributed by atoms with Crippen molar-refractivity contribution in [2.45, 2.75) is 58.2 Å². The van der Waals surface area contributed by atoms with Gasteiger partial charge in [0.15, 0.2) is 11.5 Å². The van der Waals surface area contributed by atoms with Gasteiger partial charge in [-0.15, -0.1) is 0 Å². The lowest BCUT2D eigenvalue weighted by Crippen LogP contribution is -2.31. The molecule has 33 heavy (non-hydrogen) atoms. The number of hydrogen-bond acceptors (Lipinski definition) is 5. The fourth-order valence-electron chi connectivity index (χ4n) is 4.87. The van der Waals surface area contributed by atoms with Crippen LogP contribution in [0.1, 0.15) is 67.2 Å². The van der Waals surface area contributed by atoms with E-state index in [1.807, 2.05) is 46.2 Å². The predicted molar refractivity (Wildman–Crippen MR) is 127 cm³/mol. The second kappa shape index (κ2) is 8.84. The third-order valence-corrected chi connectivity index (χ3v) is 6.44. The largest absolute Gasteiger partial charge is 0.366 e. The summed E-state index contributed by atoms with van der Waals surface area (Å²) in [6.45, 7) is 6.21. The summed E-state index contributed by atoms with van der Waals surface area (Å²) in [5.41, 5.74) is 3.27. The summed E-state index contributed by atoms with van der Waals surface area (Å²) in [7, 11) is 0. The maximum absolute atomic E-state index is 13.5. The number of amides is 2. The van der Waals surface area contributed by atoms with E-state index in [4.69, 9.17) is 4.98 Å². The zero-order chi connectivity index (χ0) is 22.9. The van der Waals surface area contributed by atoms with Crippen LogP contribution in [-0.4, -0.2) is 55.9 Å². The van der Waals surface area contributed by atoms with Crippen LogP contribution in [0.2, 0.25) is 0 Å². The molecule has 8 nitrogen and oxygen atoms in total. The predicted octanol–water partition coefficient (Wildman–Crippen LogP) is 3.88. The molecule has 0 bridgehead atoms. The Bertz CT molecular complexity index is 1190. The molecule has 2 aliphatic heterocycles. The van der Waals surface area contributed by atoms with Crippen molar-refractivity contribution >= 4 is 28.7 Å². The van der Waals surface area contributed by atoms with Gasteiger partial charge in [0.2, 0.25) is 5.91 Å². The quantitative estimate of drug-likeness (QED) is 0.599. The molecule has 8 heteroatoms. The van der Waals surface area contributed by atoms with Gasteiger partial charge in [0.05, 0.1) is 17.1 Å². The first kappa shape index (κ1) is 21.4. The summed E-state index contributed by atoms with van der Waals surface area (Å²) < 4.78 is 0. The van der Waals surface area contributed by atoms with Crippen LogP contribution < -0.4 is 5.32 Å². The van der Waals surface area contributed by atoms with Crippen LogP contribution in [0, 0.1) is 0 Å². The molecular formula is C25H30N6O2. The van der Waals surface area contributed by atoms with Crippen molar-refractivity contribution in [1.29, 1.82) is 0 Å². The number of benzene rings is 1. The van der Waals surface area contributed by atoms with Crippen molar-refractivity contribution in [2.24, 2.45) is 0 Å². The number of hydrogen-bond donors (Lipinski definition) is 2. The van der Waals surface area contributed by atoms with Crippen LogP contribution in [-0.2, 0) is 11.3 Å². The Morgan fingerprint density at radius 1 is 1.21 bits per heavy atom. The van der Waals surface area contributed by atoms with Crippen LogP contribution >= 0.6 is 0 Å². The topological polar surface area (TPSA) is 94.2 Å². The maximum atomic E-state index is 13.5. The SMILES string of the molecule is CC(C)Nc1n[nH]c2nc([C@H]3CCCN3C(=O)c3cccc(CN4CCCC4=O)c3)ccc12. The van der Waals surface area contributed by atoms with Crippen LogP contribution in [0.15, 0.2) is 36.4 Å². The molecule has 2 N–H and O–H groups in total. The first-order chi connectivity index (χ1) is 16.0. The van der Waals surface area contributed by atoms with Gasteiger partial charge in [-0.1, -0.05) is 12.1 Å². The molecule has 2 fully saturated rings. The Kier molecular flexibility index (Phi) is 5.74. The first-order valence-electron chi connectivity index (χ1n) is 11.8. The van der Waals surface area contributed by atoms with Gasteiger partial charge in [-0.25, -0.2) is 4.98 Å². The van der Waals surface area contributed by atoms with Gasteiger partial charge in [0.1, 0.15) is 0 Å². The molecule has 0 radical (unpaired) electrons. The number of aromatic nitrogens is 3. The third kappa shape index (κ3) is 4.29. The van der Waals surface area contributed by atoms with E-state index in [9.17, 15) is 9.59 Å². The number of rotatable bonds is 6. The summed E-state index contributed by atoms with van der Waals surface area (Å²) in [5, 5.41) is 11.7. The number of likely N-dealkylation sites (tertiary alicyclic amines) is 2. The van der Waals surface area contributed by atoms with E-state index in [1.165, 1.54) is 0 Å². The van der Waals surface area contributed by atoms with Crippen LogP contribution in [0.3, 0.4) is 0 Å². The summed E-state index contributed by atoms with van der Waals surface area (Å²) >= 11 is 0. The summed E-state index contributed by atoms with van der Waals surface area (Å²) in [6.07, 6.45) is 3.37. The standard InChI is InChI=1S/C25H30N6O2/c1-16(2)26-23-19-10-11-20(27-24(19)29-28-23)21-8-4-13-31(21)25(33)18-7-3-6-17(14-18)15-30-12-5-9-22(30)32/h3,6-7,10-11,14,16,21H,4-5,8-9,12-13,15H2,1-2H3,(H2,26,27,28,29)/t21-/m1/s1. The highest BCUT2D eigenvalue weighted by atomic mass is 16.2. The molecule has 1 aromatic carbocycles. The molecule has 0 saturated carbocycles. The van der Waals surface area contributed by atoms with E-state index >= 15 is 0 Å². The minimum absolute atomic E-state index is 0.0146. The molecule has 0 spiro atoms. The minimum atomic E-state index is -0.0597. The van der Waals surface area contributed by atoms with Gasteiger partial charge in [-0.05, 0) is 62.9 Å². The van der Waals surface area contributed by atoms with E-state index in [0.29, 0.717) is 25.1 Å². The number of aromatic amines is 1. The van der Waals surface area contributed by atoms with Crippen molar-refractivity contribution in [1.82, 2.24) is 25.0 Å². The highest BCUT2D eigenvalue weighted by Crippen LogP contribution is 2.33. The smallest absolute Gasteiger partial charge is 0.254 e. The summed E-state index contributed by atoms with van der Waals surface area (Å²) in [6, 6.07) is 11.9. The van der Waals surface area contributed by atoms with Crippen LogP contribution in [0.5, 0.6) is 0 Å². The number of nitrogens with one attached hydrogen (secondary N) is 2. The maximum Gasteiger partial charge on any atom is 0.254 e. The second-order valence-corrected chi connectivity index (χ2v) is 9.28. The molecule has 0 aliphatic carbocycles. The molecule has 2 aliphatic rings. The molecule has 1 atom stereocenters. The highest BCUT2D eigenvalue weighted by Gasteiger charge is 2.32. The summed E-state index contributed by atoms with van der Waals surface area (Å²) in [4.78, 5) is 34.1. The molecule has 172 valence electrons. The minimum Gasteiger partial charge on any atom is -0.366 e. The van der Waals surface area contributed by atoms with E-state index < -0.39 is 0 Å². The van der Waals surface area contributed by atoms with Gasteiger partial charge >= 0.3 is 0 Å².